The molecule has 0 saturated heterocycles. The Morgan fingerprint density at radius 1 is 1.21 bits per heavy atom. The van der Waals surface area contributed by atoms with E-state index in [4.69, 9.17) is 5.73 Å². The summed E-state index contributed by atoms with van der Waals surface area (Å²) in [5, 5.41) is 3.25. The van der Waals surface area contributed by atoms with Gasteiger partial charge in [0.15, 0.2) is 0 Å². The smallest absolute Gasteiger partial charge is 0.125 e. The van der Waals surface area contributed by atoms with Crippen molar-refractivity contribution >= 4 is 17.4 Å². The van der Waals surface area contributed by atoms with Gasteiger partial charge in [-0.25, -0.2) is 4.39 Å². The highest BCUT2D eigenvalue weighted by atomic mass is 32.2. The number of halogens is 1. The van der Waals surface area contributed by atoms with E-state index in [1.165, 1.54) is 17.0 Å². The molecule has 1 atom stereocenters. The number of nitrogens with one attached hydrogen (secondary N) is 1. The molecule has 100 valence electrons. The Kier molecular flexibility index (Phi) is 4.82. The first-order valence-corrected chi connectivity index (χ1v) is 7.31. The minimum Gasteiger partial charge on any atom is -0.377 e. The highest BCUT2D eigenvalue weighted by molar-refractivity contribution is 7.98. The summed E-state index contributed by atoms with van der Waals surface area (Å²) in [4.78, 5) is 1.21. The summed E-state index contributed by atoms with van der Waals surface area (Å²) in [6.07, 6.45) is 2.04. The van der Waals surface area contributed by atoms with Crippen LogP contribution in [-0.4, -0.2) is 12.8 Å². The van der Waals surface area contributed by atoms with Crippen molar-refractivity contribution in [2.45, 2.75) is 10.9 Å². The Morgan fingerprint density at radius 2 is 1.95 bits per heavy atom. The fourth-order valence-electron chi connectivity index (χ4n) is 1.89. The van der Waals surface area contributed by atoms with E-state index in [0.717, 1.165) is 11.3 Å². The van der Waals surface area contributed by atoms with E-state index in [-0.39, 0.29) is 11.9 Å². The molecule has 0 bridgehead atoms. The van der Waals surface area contributed by atoms with Crippen molar-refractivity contribution in [2.75, 3.05) is 18.1 Å². The first-order chi connectivity index (χ1) is 9.22. The minimum atomic E-state index is -0.251. The second kappa shape index (κ2) is 6.59. The molecule has 4 heteroatoms. The van der Waals surface area contributed by atoms with Crippen LogP contribution in [0.5, 0.6) is 0 Å². The van der Waals surface area contributed by atoms with E-state index in [0.29, 0.717) is 6.54 Å². The molecule has 2 aromatic rings. The molecule has 1 unspecified atom stereocenters. The van der Waals surface area contributed by atoms with Crippen molar-refractivity contribution in [3.8, 4) is 0 Å². The number of rotatable bonds is 5. The van der Waals surface area contributed by atoms with Crippen molar-refractivity contribution in [2.24, 2.45) is 5.73 Å². The molecule has 0 fully saturated rings. The Morgan fingerprint density at radius 3 is 2.53 bits per heavy atom. The van der Waals surface area contributed by atoms with Crippen LogP contribution in [0.4, 0.5) is 10.1 Å². The highest BCUT2D eigenvalue weighted by Gasteiger charge is 2.09. The van der Waals surface area contributed by atoms with Crippen LogP contribution in [0.3, 0.4) is 0 Å². The van der Waals surface area contributed by atoms with Gasteiger partial charge < -0.3 is 11.1 Å². The first kappa shape index (κ1) is 13.9. The number of benzene rings is 2. The van der Waals surface area contributed by atoms with Crippen LogP contribution in [0.2, 0.25) is 0 Å². The molecule has 0 aliphatic carbocycles. The van der Waals surface area contributed by atoms with Crippen LogP contribution in [0.25, 0.3) is 0 Å². The maximum Gasteiger partial charge on any atom is 0.125 e. The van der Waals surface area contributed by atoms with Gasteiger partial charge in [0.1, 0.15) is 5.82 Å². The summed E-state index contributed by atoms with van der Waals surface area (Å²) in [5.74, 6) is -0.251. The largest absolute Gasteiger partial charge is 0.377 e. The van der Waals surface area contributed by atoms with Crippen molar-refractivity contribution in [3.05, 3.63) is 59.9 Å². The predicted octanol–water partition coefficient (Wildman–Crippen LogP) is 3.66. The SMILES string of the molecule is CSc1ccc(C(CN)Nc2cccc(F)c2)cc1. The van der Waals surface area contributed by atoms with Crippen LogP contribution in [0, 0.1) is 5.82 Å². The van der Waals surface area contributed by atoms with Crippen molar-refractivity contribution in [1.82, 2.24) is 0 Å². The Hall–Kier alpha value is -1.52. The molecule has 19 heavy (non-hydrogen) atoms. The lowest BCUT2D eigenvalue weighted by Gasteiger charge is -2.19. The fraction of sp³-hybridized carbons (Fsp3) is 0.200. The van der Waals surface area contributed by atoms with E-state index in [9.17, 15) is 4.39 Å². The lowest BCUT2D eigenvalue weighted by Crippen LogP contribution is -2.20. The summed E-state index contributed by atoms with van der Waals surface area (Å²) in [5.41, 5.74) is 7.64. The van der Waals surface area contributed by atoms with Gasteiger partial charge in [-0.1, -0.05) is 18.2 Å². The molecule has 0 amide bonds. The number of anilines is 1. The van der Waals surface area contributed by atoms with Gasteiger partial charge in [-0.05, 0) is 42.2 Å². The van der Waals surface area contributed by atoms with Gasteiger partial charge in [0.2, 0.25) is 0 Å². The molecule has 0 aliphatic heterocycles. The lowest BCUT2D eigenvalue weighted by atomic mass is 10.1. The third-order valence-electron chi connectivity index (χ3n) is 2.92. The number of hydrogen-bond donors (Lipinski definition) is 2. The average molecular weight is 276 g/mol. The van der Waals surface area contributed by atoms with Gasteiger partial charge in [0.05, 0.1) is 6.04 Å². The Balaban J connectivity index is 2.15. The topological polar surface area (TPSA) is 38.0 Å². The quantitative estimate of drug-likeness (QED) is 0.818. The van der Waals surface area contributed by atoms with Crippen molar-refractivity contribution < 1.29 is 4.39 Å². The predicted molar refractivity (Wildman–Crippen MR) is 80.0 cm³/mol. The van der Waals surface area contributed by atoms with E-state index < -0.39 is 0 Å². The van der Waals surface area contributed by atoms with E-state index in [1.807, 2.05) is 12.3 Å². The fourth-order valence-corrected chi connectivity index (χ4v) is 2.30. The zero-order chi connectivity index (χ0) is 13.7. The van der Waals surface area contributed by atoms with Crippen LogP contribution >= 0.6 is 11.8 Å². The molecule has 0 aliphatic rings. The maximum absolute atomic E-state index is 13.1. The van der Waals surface area contributed by atoms with E-state index in [1.54, 1.807) is 17.8 Å². The second-order valence-electron chi connectivity index (χ2n) is 4.22. The molecule has 2 nitrogen and oxygen atoms in total. The molecule has 2 rings (SSSR count). The lowest BCUT2D eigenvalue weighted by molar-refractivity contribution is 0.627. The minimum absolute atomic E-state index is 0.0160. The van der Waals surface area contributed by atoms with Crippen LogP contribution in [-0.2, 0) is 0 Å². The third kappa shape index (κ3) is 3.72. The van der Waals surface area contributed by atoms with Crippen molar-refractivity contribution in [1.29, 1.82) is 0 Å². The van der Waals surface area contributed by atoms with Gasteiger partial charge in [-0.3, -0.25) is 0 Å². The molecule has 0 aromatic heterocycles. The van der Waals surface area contributed by atoms with E-state index >= 15 is 0 Å². The van der Waals surface area contributed by atoms with Gasteiger partial charge in [-0.15, -0.1) is 11.8 Å². The summed E-state index contributed by atoms with van der Waals surface area (Å²) >= 11 is 1.70. The van der Waals surface area contributed by atoms with Crippen LogP contribution in [0.15, 0.2) is 53.4 Å². The molecular weight excluding hydrogens is 259 g/mol. The molecular formula is C15H17FN2S. The van der Waals surface area contributed by atoms with Crippen molar-refractivity contribution in [3.63, 3.8) is 0 Å². The molecule has 0 saturated carbocycles. The summed E-state index contributed by atoms with van der Waals surface area (Å²) in [6, 6.07) is 14.6. The maximum atomic E-state index is 13.1. The zero-order valence-electron chi connectivity index (χ0n) is 10.8. The standard InChI is InChI=1S/C15H17FN2S/c1-19-14-7-5-11(6-8-14)15(10-17)18-13-4-2-3-12(16)9-13/h2-9,15,18H,10,17H2,1H3. The summed E-state index contributed by atoms with van der Waals surface area (Å²) in [6.45, 7) is 0.453. The average Bonchev–Trinajstić information content (AvgIpc) is 2.45. The highest BCUT2D eigenvalue weighted by Crippen LogP contribution is 2.22. The Bertz CT molecular complexity index is 528. The molecule has 0 radical (unpaired) electrons. The summed E-state index contributed by atoms with van der Waals surface area (Å²) in [7, 11) is 0. The van der Waals surface area contributed by atoms with E-state index in [2.05, 4.69) is 29.6 Å². The first-order valence-electron chi connectivity index (χ1n) is 6.09. The molecule has 2 aromatic carbocycles. The normalized spacial score (nSPS) is 12.2. The molecule has 0 spiro atoms. The molecule has 3 N–H and O–H groups in total. The van der Waals surface area contributed by atoms with Crippen LogP contribution in [0.1, 0.15) is 11.6 Å². The number of thioether (sulfide) groups is 1. The van der Waals surface area contributed by atoms with Gasteiger partial charge >= 0.3 is 0 Å². The second-order valence-corrected chi connectivity index (χ2v) is 5.10. The third-order valence-corrected chi connectivity index (χ3v) is 3.66. The molecule has 0 heterocycles. The number of nitrogens with two attached hydrogens (primary N) is 1. The monoisotopic (exact) mass is 276 g/mol. The van der Waals surface area contributed by atoms with Crippen LogP contribution < -0.4 is 11.1 Å². The Labute approximate surface area is 117 Å². The zero-order valence-corrected chi connectivity index (χ0v) is 11.6. The van der Waals surface area contributed by atoms with Gasteiger partial charge in [0, 0.05) is 17.1 Å². The number of hydrogen-bond acceptors (Lipinski definition) is 3. The van der Waals surface area contributed by atoms with Gasteiger partial charge in [-0.2, -0.15) is 0 Å². The van der Waals surface area contributed by atoms with Gasteiger partial charge in [0.25, 0.3) is 0 Å². The summed E-state index contributed by atoms with van der Waals surface area (Å²) < 4.78 is 13.1.